The van der Waals surface area contributed by atoms with Crippen molar-refractivity contribution in [2.24, 2.45) is 0 Å². The lowest BCUT2D eigenvalue weighted by Gasteiger charge is -2.37. The van der Waals surface area contributed by atoms with Crippen molar-refractivity contribution in [3.05, 3.63) is 47.8 Å². The molecule has 0 radical (unpaired) electrons. The van der Waals surface area contributed by atoms with Crippen LogP contribution in [0.3, 0.4) is 0 Å². The van der Waals surface area contributed by atoms with Gasteiger partial charge in [0, 0.05) is 50.8 Å². The zero-order chi connectivity index (χ0) is 14.7. The summed E-state index contributed by atoms with van der Waals surface area (Å²) >= 11 is 0. The summed E-state index contributed by atoms with van der Waals surface area (Å²) in [6.07, 6.45) is 3.88. The minimum atomic E-state index is 0.983. The molecule has 0 aliphatic carbocycles. The first-order valence-electron chi connectivity index (χ1n) is 7.75. The first kappa shape index (κ1) is 14.1. The summed E-state index contributed by atoms with van der Waals surface area (Å²) in [4.78, 5) is 5.05. The average molecular weight is 284 g/mol. The third-order valence-electron chi connectivity index (χ3n) is 4.49. The Morgan fingerprint density at radius 1 is 1.00 bits per heavy atom. The lowest BCUT2D eigenvalue weighted by atomic mass is 10.1. The van der Waals surface area contributed by atoms with Gasteiger partial charge in [-0.2, -0.15) is 5.10 Å². The van der Waals surface area contributed by atoms with E-state index in [1.165, 1.54) is 16.8 Å². The summed E-state index contributed by atoms with van der Waals surface area (Å²) in [6.45, 7) is 11.0. The van der Waals surface area contributed by atoms with Gasteiger partial charge >= 0.3 is 0 Å². The van der Waals surface area contributed by atoms with E-state index in [1.54, 1.807) is 0 Å². The van der Waals surface area contributed by atoms with Crippen molar-refractivity contribution in [3.63, 3.8) is 0 Å². The highest BCUT2D eigenvalue weighted by molar-refractivity contribution is 5.56. The fraction of sp³-hybridized carbons (Fsp3) is 0.471. The average Bonchev–Trinajstić information content (AvgIpc) is 3.02. The Morgan fingerprint density at radius 3 is 2.52 bits per heavy atom. The molecule has 4 heteroatoms. The highest BCUT2D eigenvalue weighted by Gasteiger charge is 2.18. The molecule has 1 aliphatic rings. The van der Waals surface area contributed by atoms with E-state index >= 15 is 0 Å². The van der Waals surface area contributed by atoms with Crippen LogP contribution in [0.5, 0.6) is 0 Å². The van der Waals surface area contributed by atoms with Gasteiger partial charge in [-0.05, 0) is 37.1 Å². The molecule has 2 aromatic rings. The van der Waals surface area contributed by atoms with Gasteiger partial charge in [0.15, 0.2) is 0 Å². The van der Waals surface area contributed by atoms with Gasteiger partial charge in [-0.3, -0.25) is 9.58 Å². The number of hydrogen-bond donors (Lipinski definition) is 0. The van der Waals surface area contributed by atoms with E-state index in [-0.39, 0.29) is 0 Å². The van der Waals surface area contributed by atoms with Crippen molar-refractivity contribution in [2.45, 2.75) is 20.4 Å². The van der Waals surface area contributed by atoms with Gasteiger partial charge in [-0.25, -0.2) is 0 Å². The number of aryl methyl sites for hydroxylation is 1. The van der Waals surface area contributed by atoms with Crippen molar-refractivity contribution in [1.29, 1.82) is 0 Å². The van der Waals surface area contributed by atoms with Crippen LogP contribution < -0.4 is 4.90 Å². The molecule has 1 saturated heterocycles. The van der Waals surface area contributed by atoms with Gasteiger partial charge < -0.3 is 4.90 Å². The summed E-state index contributed by atoms with van der Waals surface area (Å²) in [5.74, 6) is 0. The molecule has 1 aliphatic heterocycles. The quantitative estimate of drug-likeness (QED) is 0.861. The molecule has 1 aromatic heterocycles. The first-order valence-corrected chi connectivity index (χ1v) is 7.75. The summed E-state index contributed by atoms with van der Waals surface area (Å²) in [6, 6.07) is 8.60. The summed E-state index contributed by atoms with van der Waals surface area (Å²) < 4.78 is 2.01. The van der Waals surface area contributed by atoms with Crippen LogP contribution in [0.25, 0.3) is 0 Å². The number of nitrogens with zero attached hydrogens (tertiary/aromatic N) is 4. The van der Waals surface area contributed by atoms with Crippen molar-refractivity contribution < 1.29 is 0 Å². The predicted octanol–water partition coefficient (Wildman–Crippen LogP) is 2.32. The van der Waals surface area contributed by atoms with Crippen molar-refractivity contribution in [1.82, 2.24) is 14.7 Å². The van der Waals surface area contributed by atoms with Crippen LogP contribution in [0.2, 0.25) is 0 Å². The zero-order valence-electron chi connectivity index (χ0n) is 13.0. The van der Waals surface area contributed by atoms with Gasteiger partial charge in [-0.1, -0.05) is 12.1 Å². The Labute approximate surface area is 127 Å². The summed E-state index contributed by atoms with van der Waals surface area (Å²) in [7, 11) is 0. The van der Waals surface area contributed by atoms with Crippen LogP contribution in [0.15, 0.2) is 36.7 Å². The number of piperazine rings is 1. The van der Waals surface area contributed by atoms with E-state index in [2.05, 4.69) is 46.9 Å². The van der Waals surface area contributed by atoms with E-state index in [1.807, 2.05) is 23.1 Å². The second-order valence-electron chi connectivity index (χ2n) is 5.82. The molecule has 0 saturated carbocycles. The Kier molecular flexibility index (Phi) is 4.25. The van der Waals surface area contributed by atoms with Crippen LogP contribution in [-0.2, 0) is 6.54 Å². The molecule has 0 bridgehead atoms. The summed E-state index contributed by atoms with van der Waals surface area (Å²) in [5, 5.41) is 4.26. The molecule has 3 rings (SSSR count). The fourth-order valence-corrected chi connectivity index (χ4v) is 2.97. The number of hydrogen-bond acceptors (Lipinski definition) is 3. The second kappa shape index (κ2) is 6.31. The molecular weight excluding hydrogens is 260 g/mol. The maximum atomic E-state index is 4.26. The SMILES string of the molecule is Cc1cccc(N2CCN(CCn3cccn3)CC2)c1C. The molecule has 0 N–H and O–H groups in total. The lowest BCUT2D eigenvalue weighted by molar-refractivity contribution is 0.244. The first-order chi connectivity index (χ1) is 10.2. The molecular formula is C17H24N4. The molecule has 4 nitrogen and oxygen atoms in total. The highest BCUT2D eigenvalue weighted by Crippen LogP contribution is 2.23. The maximum Gasteiger partial charge on any atom is 0.0536 e. The fourth-order valence-electron chi connectivity index (χ4n) is 2.97. The number of aromatic nitrogens is 2. The second-order valence-corrected chi connectivity index (χ2v) is 5.82. The van der Waals surface area contributed by atoms with E-state index in [9.17, 15) is 0 Å². The normalized spacial score (nSPS) is 16.4. The van der Waals surface area contributed by atoms with Crippen molar-refractivity contribution in [3.8, 4) is 0 Å². The Balaban J connectivity index is 1.54. The third-order valence-corrected chi connectivity index (χ3v) is 4.49. The van der Waals surface area contributed by atoms with E-state index < -0.39 is 0 Å². The largest absolute Gasteiger partial charge is 0.369 e. The summed E-state index contributed by atoms with van der Waals surface area (Å²) in [5.41, 5.74) is 4.21. The van der Waals surface area contributed by atoms with Gasteiger partial charge in [0.1, 0.15) is 0 Å². The van der Waals surface area contributed by atoms with Gasteiger partial charge in [0.25, 0.3) is 0 Å². The number of benzene rings is 1. The molecule has 1 aromatic carbocycles. The van der Waals surface area contributed by atoms with E-state index in [4.69, 9.17) is 0 Å². The minimum Gasteiger partial charge on any atom is -0.369 e. The third kappa shape index (κ3) is 3.27. The van der Waals surface area contributed by atoms with Crippen LogP contribution in [0.1, 0.15) is 11.1 Å². The molecule has 112 valence electrons. The van der Waals surface area contributed by atoms with Crippen LogP contribution >= 0.6 is 0 Å². The van der Waals surface area contributed by atoms with Crippen molar-refractivity contribution >= 4 is 5.69 Å². The van der Waals surface area contributed by atoms with E-state index in [0.29, 0.717) is 0 Å². The topological polar surface area (TPSA) is 24.3 Å². The van der Waals surface area contributed by atoms with Crippen LogP contribution in [0.4, 0.5) is 5.69 Å². The van der Waals surface area contributed by atoms with E-state index in [0.717, 1.165) is 39.3 Å². The molecule has 0 amide bonds. The van der Waals surface area contributed by atoms with Gasteiger partial charge in [0.05, 0.1) is 6.54 Å². The maximum absolute atomic E-state index is 4.26. The lowest BCUT2D eigenvalue weighted by Crippen LogP contribution is -2.47. The smallest absolute Gasteiger partial charge is 0.0536 e. The minimum absolute atomic E-state index is 0.983. The van der Waals surface area contributed by atoms with Gasteiger partial charge in [-0.15, -0.1) is 0 Å². The Bertz CT molecular complexity index is 568. The number of anilines is 1. The Hall–Kier alpha value is -1.81. The van der Waals surface area contributed by atoms with Crippen molar-refractivity contribution in [2.75, 3.05) is 37.6 Å². The molecule has 2 heterocycles. The zero-order valence-corrected chi connectivity index (χ0v) is 13.0. The molecule has 1 fully saturated rings. The monoisotopic (exact) mass is 284 g/mol. The van der Waals surface area contributed by atoms with Crippen LogP contribution in [0, 0.1) is 13.8 Å². The Morgan fingerprint density at radius 2 is 1.81 bits per heavy atom. The predicted molar refractivity (Wildman–Crippen MR) is 86.8 cm³/mol. The highest BCUT2D eigenvalue weighted by atomic mass is 15.3. The standard InChI is InChI=1S/C17H24N4/c1-15-5-3-6-17(16(15)2)20-12-9-19(10-13-20)11-14-21-8-4-7-18-21/h3-8H,9-14H2,1-2H3. The molecule has 21 heavy (non-hydrogen) atoms. The van der Waals surface area contributed by atoms with Crippen LogP contribution in [-0.4, -0.2) is 47.4 Å². The van der Waals surface area contributed by atoms with Gasteiger partial charge in [0.2, 0.25) is 0 Å². The molecule has 0 spiro atoms. The molecule has 0 atom stereocenters. The molecule has 0 unspecified atom stereocenters. The number of rotatable bonds is 4.